The Morgan fingerprint density at radius 2 is 1.82 bits per heavy atom. The second-order valence-electron chi connectivity index (χ2n) is 5.47. The summed E-state index contributed by atoms with van der Waals surface area (Å²) in [5, 5.41) is 6.58. The Morgan fingerprint density at radius 3 is 2.50 bits per heavy atom. The van der Waals surface area contributed by atoms with E-state index in [0.29, 0.717) is 5.56 Å². The van der Waals surface area contributed by atoms with Crippen molar-refractivity contribution in [1.82, 2.24) is 9.78 Å². The minimum atomic E-state index is 0.00778. The molecule has 0 saturated carbocycles. The number of fused-ring (bicyclic) bond motifs is 1. The molecule has 0 fully saturated rings. The first-order valence-corrected chi connectivity index (χ1v) is 7.27. The molecule has 3 aromatic rings. The summed E-state index contributed by atoms with van der Waals surface area (Å²) in [6.45, 7) is 3.95. The lowest BCUT2D eigenvalue weighted by Gasteiger charge is -2.00. The van der Waals surface area contributed by atoms with Crippen LogP contribution in [0.4, 0.5) is 0 Å². The van der Waals surface area contributed by atoms with E-state index in [2.05, 4.69) is 5.10 Å². The molecular weight excluding hydrogens is 272 g/mol. The predicted octanol–water partition coefficient (Wildman–Crippen LogP) is 4.09. The molecule has 22 heavy (non-hydrogen) atoms. The number of rotatable bonds is 3. The van der Waals surface area contributed by atoms with Gasteiger partial charge in [-0.05, 0) is 42.8 Å². The van der Waals surface area contributed by atoms with Gasteiger partial charge in [-0.25, -0.2) is 0 Å². The van der Waals surface area contributed by atoms with Gasteiger partial charge >= 0.3 is 0 Å². The predicted molar refractivity (Wildman–Crippen MR) is 90.0 cm³/mol. The van der Waals surface area contributed by atoms with E-state index < -0.39 is 0 Å². The van der Waals surface area contributed by atoms with E-state index in [1.165, 1.54) is 0 Å². The Hall–Kier alpha value is -2.68. The molecule has 0 spiro atoms. The Morgan fingerprint density at radius 1 is 1.09 bits per heavy atom. The zero-order valence-electron chi connectivity index (χ0n) is 13.0. The first-order chi connectivity index (χ1) is 10.6. The SMILES string of the molecule is Cc1nn(C)c(C)c1/C=C/C(=O)c1ccc2ccccc2c1. The second-order valence-corrected chi connectivity index (χ2v) is 5.47. The van der Waals surface area contributed by atoms with Crippen molar-refractivity contribution < 1.29 is 4.79 Å². The highest BCUT2D eigenvalue weighted by molar-refractivity contribution is 6.08. The third-order valence-corrected chi connectivity index (χ3v) is 4.00. The molecule has 0 aliphatic heterocycles. The van der Waals surface area contributed by atoms with Crippen molar-refractivity contribution in [3.8, 4) is 0 Å². The van der Waals surface area contributed by atoms with Crippen LogP contribution in [0, 0.1) is 13.8 Å². The molecule has 110 valence electrons. The number of benzene rings is 2. The Balaban J connectivity index is 1.91. The summed E-state index contributed by atoms with van der Waals surface area (Å²) in [6.07, 6.45) is 3.48. The van der Waals surface area contributed by atoms with Crippen molar-refractivity contribution in [3.63, 3.8) is 0 Å². The molecule has 0 amide bonds. The number of hydrogen-bond donors (Lipinski definition) is 0. The number of carbonyl (C=O) groups is 1. The summed E-state index contributed by atoms with van der Waals surface area (Å²) >= 11 is 0. The average molecular weight is 290 g/mol. The van der Waals surface area contributed by atoms with Gasteiger partial charge in [0.2, 0.25) is 0 Å². The van der Waals surface area contributed by atoms with Crippen LogP contribution in [0.1, 0.15) is 27.3 Å². The molecule has 0 aliphatic rings. The van der Waals surface area contributed by atoms with Crippen molar-refractivity contribution >= 4 is 22.6 Å². The average Bonchev–Trinajstić information content (AvgIpc) is 2.77. The highest BCUT2D eigenvalue weighted by atomic mass is 16.1. The normalized spacial score (nSPS) is 11.4. The standard InChI is InChI=1S/C19H18N2O/c1-13-18(14(2)21(3)20-13)10-11-19(22)17-9-8-15-6-4-5-7-16(15)12-17/h4-12H,1-3H3/b11-10+. The van der Waals surface area contributed by atoms with E-state index in [1.807, 2.05) is 74.1 Å². The topological polar surface area (TPSA) is 34.9 Å². The van der Waals surface area contributed by atoms with Gasteiger partial charge in [-0.2, -0.15) is 5.10 Å². The minimum absolute atomic E-state index is 0.00778. The van der Waals surface area contributed by atoms with Gasteiger partial charge in [0.1, 0.15) is 0 Å². The van der Waals surface area contributed by atoms with Crippen molar-refractivity contribution in [2.75, 3.05) is 0 Å². The van der Waals surface area contributed by atoms with Crippen LogP contribution in [-0.2, 0) is 7.05 Å². The fourth-order valence-corrected chi connectivity index (χ4v) is 2.63. The van der Waals surface area contributed by atoms with Crippen LogP contribution in [0.2, 0.25) is 0 Å². The maximum atomic E-state index is 12.4. The Kier molecular flexibility index (Phi) is 3.63. The lowest BCUT2D eigenvalue weighted by molar-refractivity contribution is 0.104. The smallest absolute Gasteiger partial charge is 0.185 e. The summed E-state index contributed by atoms with van der Waals surface area (Å²) in [5.74, 6) is 0.00778. The summed E-state index contributed by atoms with van der Waals surface area (Å²) in [7, 11) is 1.91. The molecule has 3 rings (SSSR count). The molecule has 0 radical (unpaired) electrons. The van der Waals surface area contributed by atoms with E-state index >= 15 is 0 Å². The Bertz CT molecular complexity index is 888. The quantitative estimate of drug-likeness (QED) is 0.538. The molecule has 2 aromatic carbocycles. The van der Waals surface area contributed by atoms with Crippen LogP contribution in [0.25, 0.3) is 16.8 Å². The molecule has 3 heteroatoms. The minimum Gasteiger partial charge on any atom is -0.289 e. The van der Waals surface area contributed by atoms with Gasteiger partial charge in [-0.3, -0.25) is 9.48 Å². The van der Waals surface area contributed by atoms with Gasteiger partial charge < -0.3 is 0 Å². The van der Waals surface area contributed by atoms with E-state index in [0.717, 1.165) is 27.7 Å². The molecule has 1 aromatic heterocycles. The summed E-state index contributed by atoms with van der Waals surface area (Å²) in [5.41, 5.74) is 3.70. The van der Waals surface area contributed by atoms with Gasteiger partial charge in [-0.1, -0.05) is 36.4 Å². The van der Waals surface area contributed by atoms with Crippen molar-refractivity contribution in [2.24, 2.45) is 7.05 Å². The van der Waals surface area contributed by atoms with Gasteiger partial charge in [0.25, 0.3) is 0 Å². The summed E-state index contributed by atoms with van der Waals surface area (Å²) < 4.78 is 1.83. The first-order valence-electron chi connectivity index (χ1n) is 7.27. The van der Waals surface area contributed by atoms with Gasteiger partial charge in [0.05, 0.1) is 5.69 Å². The Labute approximate surface area is 129 Å². The fourth-order valence-electron chi connectivity index (χ4n) is 2.63. The van der Waals surface area contributed by atoms with E-state index in [4.69, 9.17) is 0 Å². The molecular formula is C19H18N2O. The van der Waals surface area contributed by atoms with Crippen molar-refractivity contribution in [3.05, 3.63) is 71.1 Å². The van der Waals surface area contributed by atoms with Crippen LogP contribution in [0.15, 0.2) is 48.5 Å². The second kappa shape index (κ2) is 5.60. The molecule has 0 aliphatic carbocycles. The number of nitrogens with zero attached hydrogens (tertiary/aromatic N) is 2. The third kappa shape index (κ3) is 2.58. The molecule has 3 nitrogen and oxygen atoms in total. The maximum absolute atomic E-state index is 12.4. The lowest BCUT2D eigenvalue weighted by Crippen LogP contribution is -1.94. The van der Waals surface area contributed by atoms with Gasteiger partial charge in [0, 0.05) is 23.9 Å². The van der Waals surface area contributed by atoms with E-state index in [9.17, 15) is 4.79 Å². The molecule has 0 N–H and O–H groups in total. The largest absolute Gasteiger partial charge is 0.289 e. The number of aryl methyl sites for hydroxylation is 2. The van der Waals surface area contributed by atoms with Crippen LogP contribution in [-0.4, -0.2) is 15.6 Å². The number of allylic oxidation sites excluding steroid dienone is 1. The fraction of sp³-hybridized carbons (Fsp3) is 0.158. The van der Waals surface area contributed by atoms with Gasteiger partial charge in [0.15, 0.2) is 5.78 Å². The van der Waals surface area contributed by atoms with Crippen LogP contribution < -0.4 is 0 Å². The third-order valence-electron chi connectivity index (χ3n) is 4.00. The molecule has 1 heterocycles. The summed E-state index contributed by atoms with van der Waals surface area (Å²) in [6, 6.07) is 13.8. The van der Waals surface area contributed by atoms with Crippen molar-refractivity contribution in [1.29, 1.82) is 0 Å². The zero-order valence-corrected chi connectivity index (χ0v) is 13.0. The van der Waals surface area contributed by atoms with E-state index in [1.54, 1.807) is 6.08 Å². The molecule has 0 saturated heterocycles. The monoisotopic (exact) mass is 290 g/mol. The molecule has 0 bridgehead atoms. The highest BCUT2D eigenvalue weighted by Crippen LogP contribution is 2.18. The highest BCUT2D eigenvalue weighted by Gasteiger charge is 2.07. The number of carbonyl (C=O) groups excluding carboxylic acids is 1. The van der Waals surface area contributed by atoms with Crippen LogP contribution in [0.3, 0.4) is 0 Å². The van der Waals surface area contributed by atoms with Crippen molar-refractivity contribution in [2.45, 2.75) is 13.8 Å². The van der Waals surface area contributed by atoms with E-state index in [-0.39, 0.29) is 5.78 Å². The zero-order chi connectivity index (χ0) is 15.7. The molecule has 0 unspecified atom stereocenters. The number of hydrogen-bond acceptors (Lipinski definition) is 2. The number of ketones is 1. The van der Waals surface area contributed by atoms with Crippen LogP contribution in [0.5, 0.6) is 0 Å². The molecule has 0 atom stereocenters. The lowest BCUT2D eigenvalue weighted by atomic mass is 10.0. The van der Waals surface area contributed by atoms with Gasteiger partial charge in [-0.15, -0.1) is 0 Å². The first kappa shape index (κ1) is 14.3. The summed E-state index contributed by atoms with van der Waals surface area (Å²) in [4.78, 5) is 12.4. The maximum Gasteiger partial charge on any atom is 0.185 e. The number of aromatic nitrogens is 2. The van der Waals surface area contributed by atoms with Crippen LogP contribution >= 0.6 is 0 Å².